The number of nitro groups is 1. The van der Waals surface area contributed by atoms with Crippen LogP contribution in [0.5, 0.6) is 0 Å². The van der Waals surface area contributed by atoms with E-state index in [1.54, 1.807) is 19.1 Å². The van der Waals surface area contributed by atoms with Crippen molar-refractivity contribution in [3.8, 4) is 0 Å². The Balaban J connectivity index is 1.55. The van der Waals surface area contributed by atoms with Crippen molar-refractivity contribution in [2.75, 3.05) is 18.0 Å². The molecule has 2 heterocycles. The van der Waals surface area contributed by atoms with Crippen LogP contribution in [0.2, 0.25) is 0 Å². The van der Waals surface area contributed by atoms with E-state index in [1.165, 1.54) is 23.1 Å². The molecule has 154 valence electrons. The van der Waals surface area contributed by atoms with Crippen LogP contribution in [-0.4, -0.2) is 40.8 Å². The molecule has 9 heteroatoms. The van der Waals surface area contributed by atoms with E-state index in [0.717, 1.165) is 10.5 Å². The van der Waals surface area contributed by atoms with Gasteiger partial charge in [0, 0.05) is 24.4 Å². The number of non-ortho nitro benzene ring substituents is 1. The van der Waals surface area contributed by atoms with Crippen LogP contribution in [0, 0.1) is 17.0 Å². The molecule has 0 aromatic heterocycles. The maximum absolute atomic E-state index is 13.1. The summed E-state index contributed by atoms with van der Waals surface area (Å²) in [7, 11) is 0. The predicted molar refractivity (Wildman–Crippen MR) is 108 cm³/mol. The van der Waals surface area contributed by atoms with Crippen molar-refractivity contribution < 1.29 is 19.3 Å². The number of aryl methyl sites for hydroxylation is 1. The molecule has 30 heavy (non-hydrogen) atoms. The summed E-state index contributed by atoms with van der Waals surface area (Å²) in [4.78, 5) is 51.4. The van der Waals surface area contributed by atoms with Gasteiger partial charge in [-0.3, -0.25) is 24.6 Å². The molecule has 0 saturated carbocycles. The van der Waals surface area contributed by atoms with Gasteiger partial charge in [0.2, 0.25) is 5.91 Å². The number of nitrogens with one attached hydrogen (secondary N) is 1. The number of nitrogens with zero attached hydrogens (tertiary/aromatic N) is 3. The molecule has 1 N–H and O–H groups in total. The summed E-state index contributed by atoms with van der Waals surface area (Å²) in [5, 5.41) is 13.7. The summed E-state index contributed by atoms with van der Waals surface area (Å²) in [5.41, 5.74) is 1.52. The van der Waals surface area contributed by atoms with E-state index in [0.29, 0.717) is 29.8 Å². The van der Waals surface area contributed by atoms with Crippen molar-refractivity contribution in [1.29, 1.82) is 0 Å². The van der Waals surface area contributed by atoms with Gasteiger partial charge in [0.05, 0.1) is 4.92 Å². The molecule has 4 amide bonds. The molecule has 0 aliphatic carbocycles. The minimum absolute atomic E-state index is 0.0360. The molecule has 2 aliphatic rings. The number of amides is 4. The van der Waals surface area contributed by atoms with E-state index in [-0.39, 0.29) is 5.69 Å². The first-order valence-electron chi connectivity index (χ1n) is 9.50. The molecule has 1 saturated heterocycles. The molecule has 0 spiro atoms. The molecule has 1 unspecified atom stereocenters. The number of hydrogen-bond donors (Lipinski definition) is 1. The number of carbonyl (C=O) groups is 3. The van der Waals surface area contributed by atoms with E-state index in [1.807, 2.05) is 19.1 Å². The van der Waals surface area contributed by atoms with Crippen molar-refractivity contribution in [2.24, 2.45) is 0 Å². The fourth-order valence-electron chi connectivity index (χ4n) is 4.14. The molecular formula is C21H20N4O5. The van der Waals surface area contributed by atoms with Crippen molar-refractivity contribution in [3.05, 3.63) is 69.3 Å². The Morgan fingerprint density at radius 3 is 2.67 bits per heavy atom. The molecule has 1 fully saturated rings. The average Bonchev–Trinajstić information content (AvgIpc) is 3.22. The van der Waals surface area contributed by atoms with E-state index in [2.05, 4.69) is 5.32 Å². The zero-order valence-corrected chi connectivity index (χ0v) is 16.5. The van der Waals surface area contributed by atoms with Crippen LogP contribution in [0.3, 0.4) is 0 Å². The third-order valence-corrected chi connectivity index (χ3v) is 5.72. The maximum atomic E-state index is 13.1. The Hall–Kier alpha value is -3.75. The molecule has 1 atom stereocenters. The standard InChI is InChI=1S/C21H20N4O5/c1-13-5-3-4-6-16(13)21(2)19(27)24(20(28)22-21)12-18(26)23-10-9-14-11-15(25(29)30)7-8-17(14)23/h3-8,11H,9-10,12H2,1-2H3,(H,22,28). The number of urea groups is 1. The monoisotopic (exact) mass is 408 g/mol. The topological polar surface area (TPSA) is 113 Å². The third kappa shape index (κ3) is 2.99. The minimum Gasteiger partial charge on any atom is -0.319 e. The van der Waals surface area contributed by atoms with E-state index in [4.69, 9.17) is 0 Å². The van der Waals surface area contributed by atoms with Gasteiger partial charge in [-0.05, 0) is 43.0 Å². The summed E-state index contributed by atoms with van der Waals surface area (Å²) in [6.07, 6.45) is 0.476. The molecule has 2 aliphatic heterocycles. The summed E-state index contributed by atoms with van der Waals surface area (Å²) >= 11 is 0. The van der Waals surface area contributed by atoms with Gasteiger partial charge in [-0.15, -0.1) is 0 Å². The molecule has 0 bridgehead atoms. The Kier molecular flexibility index (Phi) is 4.53. The van der Waals surface area contributed by atoms with Crippen LogP contribution >= 0.6 is 0 Å². The molecule has 4 rings (SSSR count). The number of rotatable bonds is 4. The predicted octanol–water partition coefficient (Wildman–Crippen LogP) is 2.26. The molecule has 0 radical (unpaired) electrons. The number of benzene rings is 2. The van der Waals surface area contributed by atoms with Gasteiger partial charge >= 0.3 is 6.03 Å². The average molecular weight is 408 g/mol. The lowest BCUT2D eigenvalue weighted by Crippen LogP contribution is -2.44. The van der Waals surface area contributed by atoms with Gasteiger partial charge in [0.1, 0.15) is 12.1 Å². The first-order valence-corrected chi connectivity index (χ1v) is 9.50. The van der Waals surface area contributed by atoms with E-state index in [9.17, 15) is 24.5 Å². The number of anilines is 1. The second kappa shape index (κ2) is 6.94. The van der Waals surface area contributed by atoms with Gasteiger partial charge in [-0.1, -0.05) is 24.3 Å². The number of nitro benzene ring substituents is 1. The second-order valence-electron chi connectivity index (χ2n) is 7.63. The highest BCUT2D eigenvalue weighted by Gasteiger charge is 2.50. The summed E-state index contributed by atoms with van der Waals surface area (Å²) in [5.74, 6) is -0.904. The van der Waals surface area contributed by atoms with Crippen LogP contribution in [0.1, 0.15) is 23.6 Å². The summed E-state index contributed by atoms with van der Waals surface area (Å²) in [6, 6.07) is 11.0. The fraction of sp³-hybridized carbons (Fsp3) is 0.286. The SMILES string of the molecule is Cc1ccccc1C1(C)NC(=O)N(CC(=O)N2CCc3cc([N+](=O)[O-])ccc32)C1=O. The van der Waals surface area contributed by atoms with Crippen molar-refractivity contribution in [2.45, 2.75) is 25.8 Å². The quantitative estimate of drug-likeness (QED) is 0.474. The normalized spacial score (nSPS) is 20.3. The van der Waals surface area contributed by atoms with Crippen LogP contribution in [0.4, 0.5) is 16.2 Å². The van der Waals surface area contributed by atoms with Crippen LogP contribution < -0.4 is 10.2 Å². The highest BCUT2D eigenvalue weighted by Crippen LogP contribution is 2.33. The number of hydrogen-bond acceptors (Lipinski definition) is 5. The highest BCUT2D eigenvalue weighted by molar-refractivity contribution is 6.11. The van der Waals surface area contributed by atoms with Gasteiger partial charge < -0.3 is 10.2 Å². The maximum Gasteiger partial charge on any atom is 0.325 e. The minimum atomic E-state index is -1.24. The Labute approximate surface area is 172 Å². The second-order valence-corrected chi connectivity index (χ2v) is 7.63. The van der Waals surface area contributed by atoms with Gasteiger partial charge in [-0.25, -0.2) is 4.79 Å². The fourth-order valence-corrected chi connectivity index (χ4v) is 4.14. The zero-order chi connectivity index (χ0) is 21.6. The largest absolute Gasteiger partial charge is 0.325 e. The zero-order valence-electron chi connectivity index (χ0n) is 16.5. The number of imide groups is 1. The first kappa shape index (κ1) is 19.6. The molecule has 2 aromatic rings. The lowest BCUT2D eigenvalue weighted by Gasteiger charge is -2.24. The summed E-state index contributed by atoms with van der Waals surface area (Å²) < 4.78 is 0. The molecular weight excluding hydrogens is 388 g/mol. The van der Waals surface area contributed by atoms with Gasteiger partial charge in [-0.2, -0.15) is 0 Å². The van der Waals surface area contributed by atoms with E-state index < -0.39 is 34.9 Å². The van der Waals surface area contributed by atoms with Crippen molar-refractivity contribution >= 4 is 29.2 Å². The van der Waals surface area contributed by atoms with Crippen LogP contribution in [0.25, 0.3) is 0 Å². The van der Waals surface area contributed by atoms with E-state index >= 15 is 0 Å². The lowest BCUT2D eigenvalue weighted by atomic mass is 9.88. The summed E-state index contributed by atoms with van der Waals surface area (Å²) in [6.45, 7) is 3.43. The highest BCUT2D eigenvalue weighted by atomic mass is 16.6. The van der Waals surface area contributed by atoms with Crippen molar-refractivity contribution in [3.63, 3.8) is 0 Å². The number of carbonyl (C=O) groups excluding carboxylic acids is 3. The van der Waals surface area contributed by atoms with Crippen LogP contribution in [-0.2, 0) is 21.5 Å². The number of fused-ring (bicyclic) bond motifs is 1. The molecule has 2 aromatic carbocycles. The third-order valence-electron chi connectivity index (χ3n) is 5.72. The smallest absolute Gasteiger partial charge is 0.319 e. The first-order chi connectivity index (χ1) is 14.2. The van der Waals surface area contributed by atoms with Crippen molar-refractivity contribution in [1.82, 2.24) is 10.2 Å². The lowest BCUT2D eigenvalue weighted by molar-refractivity contribution is -0.384. The van der Waals surface area contributed by atoms with Gasteiger partial charge in [0.25, 0.3) is 11.6 Å². The Morgan fingerprint density at radius 2 is 1.97 bits per heavy atom. The van der Waals surface area contributed by atoms with Gasteiger partial charge in [0.15, 0.2) is 0 Å². The molecule has 9 nitrogen and oxygen atoms in total. The Bertz CT molecular complexity index is 1100. The van der Waals surface area contributed by atoms with Crippen LogP contribution in [0.15, 0.2) is 42.5 Å². The Morgan fingerprint density at radius 1 is 1.23 bits per heavy atom.